The molecule has 1 heterocycles. The molecule has 1 saturated carbocycles. The number of imidazole rings is 1. The molecule has 1 N–H and O–H groups in total. The van der Waals surface area contributed by atoms with Gasteiger partial charge in [0.25, 0.3) is 0 Å². The van der Waals surface area contributed by atoms with Gasteiger partial charge in [0, 0.05) is 25.9 Å². The second kappa shape index (κ2) is 4.23. The molecule has 4 nitrogen and oxygen atoms in total. The van der Waals surface area contributed by atoms with Crippen molar-refractivity contribution in [3.63, 3.8) is 0 Å². The molecule has 2 atom stereocenters. The Balaban J connectivity index is 2.00. The summed E-state index contributed by atoms with van der Waals surface area (Å²) >= 11 is 0. The van der Waals surface area contributed by atoms with Crippen molar-refractivity contribution in [3.8, 4) is 0 Å². The summed E-state index contributed by atoms with van der Waals surface area (Å²) in [5.41, 5.74) is 1.06. The number of hydrogen-bond acceptors (Lipinski definition) is 3. The molecule has 0 amide bonds. The molecule has 1 aromatic rings. The number of aryl methyl sites for hydroxylation is 1. The number of nitrogens with one attached hydrogen (secondary N) is 1. The van der Waals surface area contributed by atoms with Gasteiger partial charge in [0.05, 0.1) is 12.3 Å². The first-order valence-electron chi connectivity index (χ1n) is 5.50. The van der Waals surface area contributed by atoms with Crippen molar-refractivity contribution in [2.24, 2.45) is 5.92 Å². The Morgan fingerprint density at radius 3 is 3.00 bits per heavy atom. The molecule has 1 aliphatic carbocycles. The maximum Gasteiger partial charge on any atom is 0.203 e. The number of hydrogen-bond donors (Lipinski definition) is 1. The fourth-order valence-corrected chi connectivity index (χ4v) is 1.71. The number of ether oxygens (including phenoxy) is 1. The highest BCUT2D eigenvalue weighted by atomic mass is 16.5. The molecule has 0 bridgehead atoms. The SMILES string of the molecule is COCCn1cc(C)nc1NC1CC1C. The molecule has 0 saturated heterocycles. The highest BCUT2D eigenvalue weighted by Crippen LogP contribution is 2.32. The minimum atomic E-state index is 0.619. The molecular formula is C11H19N3O. The lowest BCUT2D eigenvalue weighted by Crippen LogP contribution is -2.12. The summed E-state index contributed by atoms with van der Waals surface area (Å²) in [7, 11) is 1.72. The third-order valence-electron chi connectivity index (χ3n) is 2.86. The zero-order valence-corrected chi connectivity index (χ0v) is 9.66. The Bertz CT molecular complexity index is 335. The molecule has 0 aliphatic heterocycles. The molecular weight excluding hydrogens is 190 g/mol. The molecule has 0 radical (unpaired) electrons. The van der Waals surface area contributed by atoms with E-state index < -0.39 is 0 Å². The monoisotopic (exact) mass is 209 g/mol. The van der Waals surface area contributed by atoms with Gasteiger partial charge >= 0.3 is 0 Å². The van der Waals surface area contributed by atoms with Gasteiger partial charge in [-0.05, 0) is 19.3 Å². The maximum atomic E-state index is 5.08. The topological polar surface area (TPSA) is 39.1 Å². The molecule has 0 aromatic carbocycles. The van der Waals surface area contributed by atoms with Crippen LogP contribution >= 0.6 is 0 Å². The normalized spacial score (nSPS) is 24.2. The van der Waals surface area contributed by atoms with Gasteiger partial charge in [0.15, 0.2) is 0 Å². The second-order valence-corrected chi connectivity index (χ2v) is 4.36. The number of rotatable bonds is 5. The number of nitrogens with zero attached hydrogens (tertiary/aromatic N) is 2. The van der Waals surface area contributed by atoms with E-state index in [0.717, 1.165) is 30.7 Å². The first-order valence-corrected chi connectivity index (χ1v) is 5.50. The zero-order chi connectivity index (χ0) is 10.8. The van der Waals surface area contributed by atoms with Crippen LogP contribution in [0.4, 0.5) is 5.95 Å². The van der Waals surface area contributed by atoms with Crippen LogP contribution in [0.25, 0.3) is 0 Å². The van der Waals surface area contributed by atoms with Gasteiger partial charge in [-0.25, -0.2) is 4.98 Å². The second-order valence-electron chi connectivity index (χ2n) is 4.36. The van der Waals surface area contributed by atoms with Crippen LogP contribution in [0.15, 0.2) is 6.20 Å². The van der Waals surface area contributed by atoms with Crippen molar-refractivity contribution in [1.29, 1.82) is 0 Å². The number of aromatic nitrogens is 2. The van der Waals surface area contributed by atoms with Gasteiger partial charge in [0.2, 0.25) is 5.95 Å². The minimum Gasteiger partial charge on any atom is -0.383 e. The molecule has 2 rings (SSSR count). The third-order valence-corrected chi connectivity index (χ3v) is 2.86. The Morgan fingerprint density at radius 1 is 1.67 bits per heavy atom. The lowest BCUT2D eigenvalue weighted by molar-refractivity contribution is 0.187. The Morgan fingerprint density at radius 2 is 2.40 bits per heavy atom. The number of anilines is 1. The maximum absolute atomic E-state index is 5.08. The zero-order valence-electron chi connectivity index (χ0n) is 9.66. The van der Waals surface area contributed by atoms with E-state index in [1.54, 1.807) is 7.11 Å². The Labute approximate surface area is 90.6 Å². The summed E-state index contributed by atoms with van der Waals surface area (Å²) in [6, 6.07) is 0.619. The molecule has 0 spiro atoms. The van der Waals surface area contributed by atoms with Gasteiger partial charge in [-0.15, -0.1) is 0 Å². The van der Waals surface area contributed by atoms with Gasteiger partial charge in [-0.1, -0.05) is 6.92 Å². The Kier molecular flexibility index (Phi) is 2.95. The van der Waals surface area contributed by atoms with Gasteiger partial charge in [-0.3, -0.25) is 0 Å². The van der Waals surface area contributed by atoms with Crippen molar-refractivity contribution in [3.05, 3.63) is 11.9 Å². The molecule has 4 heteroatoms. The summed E-state index contributed by atoms with van der Waals surface area (Å²) in [6.07, 6.45) is 3.32. The fourth-order valence-electron chi connectivity index (χ4n) is 1.71. The van der Waals surface area contributed by atoms with Crippen LogP contribution in [0.3, 0.4) is 0 Å². The molecule has 1 aromatic heterocycles. The van der Waals surface area contributed by atoms with Gasteiger partial charge in [-0.2, -0.15) is 0 Å². The van der Waals surface area contributed by atoms with E-state index in [4.69, 9.17) is 4.74 Å². The van der Waals surface area contributed by atoms with E-state index in [9.17, 15) is 0 Å². The Hall–Kier alpha value is -1.03. The molecule has 1 aliphatic rings. The number of methoxy groups -OCH3 is 1. The van der Waals surface area contributed by atoms with Crippen LogP contribution < -0.4 is 5.32 Å². The fraction of sp³-hybridized carbons (Fsp3) is 0.727. The summed E-state index contributed by atoms with van der Waals surface area (Å²) in [6.45, 7) is 5.86. The largest absolute Gasteiger partial charge is 0.383 e. The van der Waals surface area contributed by atoms with E-state index in [1.807, 2.05) is 6.92 Å². The van der Waals surface area contributed by atoms with Crippen molar-refractivity contribution < 1.29 is 4.74 Å². The van der Waals surface area contributed by atoms with Crippen molar-refractivity contribution in [1.82, 2.24) is 9.55 Å². The highest BCUT2D eigenvalue weighted by molar-refractivity contribution is 5.32. The first-order chi connectivity index (χ1) is 7.20. The third kappa shape index (κ3) is 2.50. The van der Waals surface area contributed by atoms with Crippen molar-refractivity contribution in [2.45, 2.75) is 32.9 Å². The predicted molar refractivity (Wildman–Crippen MR) is 60.0 cm³/mol. The van der Waals surface area contributed by atoms with Crippen molar-refractivity contribution in [2.75, 3.05) is 19.0 Å². The lowest BCUT2D eigenvalue weighted by Gasteiger charge is -2.08. The lowest BCUT2D eigenvalue weighted by atomic mass is 10.5. The van der Waals surface area contributed by atoms with Gasteiger partial charge < -0.3 is 14.6 Å². The van der Waals surface area contributed by atoms with Crippen LogP contribution in [0.2, 0.25) is 0 Å². The van der Waals surface area contributed by atoms with E-state index in [1.165, 1.54) is 6.42 Å². The average Bonchev–Trinajstić information content (AvgIpc) is 2.74. The van der Waals surface area contributed by atoms with Crippen LogP contribution in [-0.2, 0) is 11.3 Å². The van der Waals surface area contributed by atoms with Crippen LogP contribution in [-0.4, -0.2) is 29.3 Å². The molecule has 15 heavy (non-hydrogen) atoms. The smallest absolute Gasteiger partial charge is 0.203 e. The molecule has 1 fully saturated rings. The van der Waals surface area contributed by atoms with E-state index in [0.29, 0.717) is 6.04 Å². The van der Waals surface area contributed by atoms with E-state index >= 15 is 0 Å². The first kappa shape index (κ1) is 10.5. The summed E-state index contributed by atoms with van der Waals surface area (Å²) in [5.74, 6) is 1.77. The van der Waals surface area contributed by atoms with Crippen molar-refractivity contribution >= 4 is 5.95 Å². The van der Waals surface area contributed by atoms with Gasteiger partial charge in [0.1, 0.15) is 0 Å². The minimum absolute atomic E-state index is 0.619. The quantitative estimate of drug-likeness (QED) is 0.801. The van der Waals surface area contributed by atoms with Crippen LogP contribution in [0, 0.1) is 12.8 Å². The summed E-state index contributed by atoms with van der Waals surface area (Å²) in [5, 5.41) is 3.46. The standard InChI is InChI=1S/C11H19N3O/c1-8-6-10(8)13-11-12-9(2)7-14(11)4-5-15-3/h7-8,10H,4-6H2,1-3H3,(H,12,13). The molecule has 2 unspecified atom stereocenters. The predicted octanol–water partition coefficient (Wildman–Crippen LogP) is 1.66. The highest BCUT2D eigenvalue weighted by Gasteiger charge is 2.33. The summed E-state index contributed by atoms with van der Waals surface area (Å²) < 4.78 is 7.20. The van der Waals surface area contributed by atoms with Crippen LogP contribution in [0.1, 0.15) is 19.0 Å². The average molecular weight is 209 g/mol. The van der Waals surface area contributed by atoms with E-state index in [-0.39, 0.29) is 0 Å². The van der Waals surface area contributed by atoms with E-state index in [2.05, 4.69) is 28.0 Å². The molecule has 84 valence electrons. The van der Waals surface area contributed by atoms with Crippen LogP contribution in [0.5, 0.6) is 0 Å². The summed E-state index contributed by atoms with van der Waals surface area (Å²) in [4.78, 5) is 4.47.